The molecule has 1 aromatic carbocycles. The maximum Gasteiger partial charge on any atom is 0.527 e. The van der Waals surface area contributed by atoms with Gasteiger partial charge in [0.05, 0.1) is 37.2 Å². The Hall–Kier alpha value is -7.11. The summed E-state index contributed by atoms with van der Waals surface area (Å²) in [7, 11) is -10.6. The third-order valence-corrected chi connectivity index (χ3v) is 13.2. The minimum atomic E-state index is -5.40. The van der Waals surface area contributed by atoms with Gasteiger partial charge in [-0.2, -0.15) is 9.97 Å². The number of benzene rings is 1. The number of fused-ring (bicyclic) bond motifs is 3. The first-order chi connectivity index (χ1) is 35.5. The number of aliphatic carboxylic acids is 3. The van der Waals surface area contributed by atoms with Crippen LogP contribution in [-0.2, 0) is 58.0 Å². The monoisotopic (exact) mass is 1120 g/mol. The van der Waals surface area contributed by atoms with E-state index in [-0.39, 0.29) is 33.6 Å². The zero-order valence-corrected chi connectivity index (χ0v) is 40.7. The Morgan fingerprint density at radius 1 is 0.868 bits per heavy atom. The van der Waals surface area contributed by atoms with Crippen LogP contribution in [0.1, 0.15) is 38.8 Å². The molecule has 0 aliphatic carbocycles. The molecule has 37 heteroatoms. The van der Waals surface area contributed by atoms with Gasteiger partial charge in [0.2, 0.25) is 17.8 Å². The van der Waals surface area contributed by atoms with Crippen LogP contribution in [0.25, 0.3) is 33.5 Å². The first-order valence-corrected chi connectivity index (χ1v) is 25.0. The van der Waals surface area contributed by atoms with E-state index >= 15 is 0 Å². The molecule has 76 heavy (non-hydrogen) atoms. The van der Waals surface area contributed by atoms with Crippen LogP contribution in [-0.4, -0.2) is 182 Å². The highest BCUT2D eigenvalue weighted by atomic mass is 31.2. The van der Waals surface area contributed by atoms with Crippen LogP contribution in [0.3, 0.4) is 0 Å². The normalized spacial score (nSPS) is 20.7. The number of imidazole rings is 1. The van der Waals surface area contributed by atoms with Crippen molar-refractivity contribution in [3.8, 4) is 17.1 Å². The van der Waals surface area contributed by atoms with Crippen molar-refractivity contribution >= 4 is 73.4 Å². The van der Waals surface area contributed by atoms with Gasteiger partial charge in [0.15, 0.2) is 23.2 Å². The average Bonchev–Trinajstić information content (AvgIpc) is 3.88. The number of carboxylic acids is 3. The molecular weight excluding hydrogens is 1070 g/mol. The van der Waals surface area contributed by atoms with Crippen LogP contribution < -0.4 is 37.7 Å². The molecule has 2 unspecified atom stereocenters. The number of amides is 2. The summed E-state index contributed by atoms with van der Waals surface area (Å²) in [6, 6.07) is 1.18. The number of hydrogen-bond acceptors (Lipinski definition) is 24. The van der Waals surface area contributed by atoms with E-state index in [1.165, 1.54) is 12.1 Å². The molecule has 35 nitrogen and oxygen atoms in total. The number of rotatable bonds is 26. The number of aliphatic hydroxyl groups is 5. The van der Waals surface area contributed by atoms with Gasteiger partial charge in [-0.25, -0.2) is 28.5 Å². The Bertz CT molecular complexity index is 3260. The van der Waals surface area contributed by atoms with Crippen LogP contribution >= 0.6 is 15.6 Å². The van der Waals surface area contributed by atoms with Gasteiger partial charge in [-0.05, 0) is 43.4 Å². The van der Waals surface area contributed by atoms with Crippen molar-refractivity contribution in [2.24, 2.45) is 0 Å². The highest BCUT2D eigenvalue weighted by Gasteiger charge is 2.46. The number of aliphatic hydroxyl groups excluding tert-OH is 5. The van der Waals surface area contributed by atoms with Gasteiger partial charge in [0, 0.05) is 18.9 Å². The Balaban J connectivity index is 1.08. The lowest BCUT2D eigenvalue weighted by Gasteiger charge is -2.26. The lowest BCUT2D eigenvalue weighted by Crippen LogP contribution is -2.46. The summed E-state index contributed by atoms with van der Waals surface area (Å²) in [6.45, 7) is -2.19. The molecule has 414 valence electrons. The molecule has 1 fully saturated rings. The number of anilines is 1. The molecule has 2 amide bonds. The summed E-state index contributed by atoms with van der Waals surface area (Å²) in [5.41, 5.74) is 2.08. The zero-order chi connectivity index (χ0) is 56.1. The highest BCUT2D eigenvalue weighted by Crippen LogP contribution is 2.46. The van der Waals surface area contributed by atoms with Crippen LogP contribution in [0.2, 0.25) is 0 Å². The molecule has 0 bridgehead atoms. The zero-order valence-electron chi connectivity index (χ0n) is 38.9. The van der Waals surface area contributed by atoms with E-state index in [2.05, 4.69) is 19.9 Å². The van der Waals surface area contributed by atoms with E-state index in [1.807, 2.05) is 15.6 Å². The van der Waals surface area contributed by atoms with E-state index in [0.717, 1.165) is 34.5 Å². The number of nitrogens with two attached hydrogens (primary N) is 1. The molecule has 12 atom stereocenters. The van der Waals surface area contributed by atoms with E-state index < -0.39 is 180 Å². The molecular formula is C39H48N10O25P2. The molecule has 2 aromatic heterocycles. The second-order valence-electron chi connectivity index (χ2n) is 16.7. The number of nitrogen functional groups attached to an aromatic ring is 1. The second kappa shape index (κ2) is 23.8. The number of nitrogens with zero attached hydrogens (tertiary/aromatic N) is 5. The molecule has 3 aliphatic heterocycles. The Morgan fingerprint density at radius 3 is 2.21 bits per heavy atom. The lowest BCUT2D eigenvalue weighted by atomic mass is 10.1. The fourth-order valence-electron chi connectivity index (χ4n) is 7.44. The van der Waals surface area contributed by atoms with Crippen molar-refractivity contribution in [1.82, 2.24) is 44.7 Å². The summed E-state index contributed by atoms with van der Waals surface area (Å²) < 4.78 is 53.5. The number of pyridine rings is 1. The van der Waals surface area contributed by atoms with Gasteiger partial charge in [0.1, 0.15) is 60.6 Å². The predicted octanol–water partition coefficient (Wildman–Crippen LogP) is -4.59. The van der Waals surface area contributed by atoms with Crippen molar-refractivity contribution in [2.45, 2.75) is 100 Å². The summed E-state index contributed by atoms with van der Waals surface area (Å²) >= 11 is 0. The number of aromatic nitrogens is 7. The van der Waals surface area contributed by atoms with Crippen LogP contribution in [0.4, 0.5) is 5.95 Å². The number of carboxylic acid groups (broad SMARTS) is 3. The van der Waals surface area contributed by atoms with Gasteiger partial charge >= 0.3 is 39.2 Å². The Kier molecular flexibility index (Phi) is 18.2. The van der Waals surface area contributed by atoms with Crippen molar-refractivity contribution in [3.63, 3.8) is 0 Å². The quantitative estimate of drug-likeness (QED) is 0.0183. The third kappa shape index (κ3) is 14.2. The van der Waals surface area contributed by atoms with Crippen molar-refractivity contribution < 1.29 is 107 Å². The van der Waals surface area contributed by atoms with E-state index in [4.69, 9.17) is 33.7 Å². The van der Waals surface area contributed by atoms with Gasteiger partial charge in [-0.1, -0.05) is 0 Å². The molecule has 6 rings (SSSR count). The topological polar surface area (TPSA) is 549 Å². The number of hydrogen-bond donors (Lipinski definition) is 15. The van der Waals surface area contributed by atoms with E-state index in [0.29, 0.717) is 0 Å². The number of nitrogens with one attached hydrogen (secondary N) is 4. The van der Waals surface area contributed by atoms with Gasteiger partial charge in [-0.3, -0.25) is 57.0 Å². The first-order valence-electron chi connectivity index (χ1n) is 22.0. The number of ether oxygens (including phenoxy) is 1. The number of phosphoric ester groups is 2. The molecule has 5 heterocycles. The average molecular weight is 1120 g/mol. The minimum Gasteiger partial charge on any atom is -0.481 e. The first kappa shape index (κ1) is 58.2. The molecule has 3 aromatic rings. The van der Waals surface area contributed by atoms with Crippen LogP contribution in [0.5, 0.6) is 5.75 Å². The van der Waals surface area contributed by atoms with Crippen molar-refractivity contribution in [1.29, 1.82) is 0 Å². The summed E-state index contributed by atoms with van der Waals surface area (Å²) in [5, 5.41) is 85.9. The molecule has 16 N–H and O–H groups in total. The summed E-state index contributed by atoms with van der Waals surface area (Å²) in [4.78, 5) is 133. The Labute approximate surface area is 422 Å². The van der Waals surface area contributed by atoms with Crippen molar-refractivity contribution in [3.05, 3.63) is 61.8 Å². The maximum atomic E-state index is 13.3. The maximum absolute atomic E-state index is 13.3. The molecule has 3 aliphatic rings. The van der Waals surface area contributed by atoms with Crippen LogP contribution in [0.15, 0.2) is 45.0 Å². The largest absolute Gasteiger partial charge is 0.527 e. The SMILES string of the molecule is C[C@H](OP(=O)(O)OC[C@@H](O)[C@@H](O)[C@@H](O)Cn1c2nc(=O)[nH]c(=O)c-2cc2ccc(OP(=O)(O)OC[C@H]3O[C@@H](n4cnc5c(=O)[nH]c(N)nc54)[C@H](O)[C@@H]3O)cc21)C(=O)N[C@@H](CCC(=O)N[C@@H](CCC(=O)O)C(=O)O)C(=O)O. The summed E-state index contributed by atoms with van der Waals surface area (Å²) in [5.74, 6) is -8.16. The smallest absolute Gasteiger partial charge is 0.481 e. The highest BCUT2D eigenvalue weighted by molar-refractivity contribution is 7.48. The lowest BCUT2D eigenvalue weighted by molar-refractivity contribution is -0.144. The standard InChI is InChI=1S/C39H48N10O25P2/c1-14(32(58)43-19(37(63)64)4-6-24(52)42-18(36(61)62)5-7-25(53)54)73-75(66,67)70-11-22(51)27(55)21(50)10-48-20-9-16(3-2-15(20)8-17-30(48)45-39(65)47-33(17)59)74-76(68,69)71-12-23-28(56)29(57)35(72-23)49-13-41-26-31(49)44-38(40)46-34(26)60/h2-3,8-9,13-14,18-19,21-23,27-29,35,50-51,55-57H,4-7,10-12H2,1H3,(H,42,52)(H,43,58)(H,53,54)(H,61,62)(H,63,64)(H,66,67)(H,68,69)(H,47,59,65)(H3,40,44,46,60)/t14-,18-,19-,21-,22+,23+,27-,28+,29+,35+/m0/s1. The Morgan fingerprint density at radius 2 is 1.54 bits per heavy atom. The number of H-pyrrole nitrogens is 2. The number of carbonyl (C=O) groups excluding carboxylic acids is 2. The van der Waals surface area contributed by atoms with Crippen LogP contribution in [0, 0.1) is 0 Å². The molecule has 1 saturated heterocycles. The fourth-order valence-corrected chi connectivity index (χ4v) is 9.11. The predicted molar refractivity (Wildman–Crippen MR) is 248 cm³/mol. The van der Waals surface area contributed by atoms with Gasteiger partial charge in [0.25, 0.3) is 11.1 Å². The number of carbonyl (C=O) groups is 5. The van der Waals surface area contributed by atoms with Crippen molar-refractivity contribution in [2.75, 3.05) is 18.9 Å². The number of aromatic amines is 2. The third-order valence-electron chi connectivity index (χ3n) is 11.2. The van der Waals surface area contributed by atoms with Gasteiger partial charge < -0.3 is 75.9 Å². The molecule has 0 radical (unpaired) electrons. The molecule has 0 saturated carbocycles. The number of phosphoric acid groups is 2. The minimum absolute atomic E-state index is 0.116. The molecule has 0 spiro atoms. The van der Waals surface area contributed by atoms with Gasteiger partial charge in [-0.15, -0.1) is 0 Å². The fraction of sp³-hybridized carbons (Fsp3) is 0.462. The second-order valence-corrected chi connectivity index (χ2v) is 19.5. The van der Waals surface area contributed by atoms with E-state index in [9.17, 15) is 93.0 Å². The summed E-state index contributed by atoms with van der Waals surface area (Å²) in [6.07, 6.45) is -16.5. The van der Waals surface area contributed by atoms with E-state index in [1.54, 1.807) is 0 Å².